The van der Waals surface area contributed by atoms with Crippen LogP contribution in [-0.2, 0) is 0 Å². The first-order valence-corrected chi connectivity index (χ1v) is 5.68. The van der Waals surface area contributed by atoms with Crippen molar-refractivity contribution in [1.82, 2.24) is 14.7 Å². The van der Waals surface area contributed by atoms with Crippen LogP contribution in [0.5, 0.6) is 0 Å². The minimum atomic E-state index is -0.967. The summed E-state index contributed by atoms with van der Waals surface area (Å²) in [5, 5.41) is 12.4. The Kier molecular flexibility index (Phi) is 2.33. The van der Waals surface area contributed by atoms with E-state index in [1.165, 1.54) is 0 Å². The minimum absolute atomic E-state index is 0.146. The Morgan fingerprint density at radius 3 is 3.12 bits per heavy atom. The summed E-state index contributed by atoms with van der Waals surface area (Å²) in [6, 6.07) is 5.52. The number of nitrogens with zero attached hydrogens (tertiary/aromatic N) is 2. The van der Waals surface area contributed by atoms with Crippen LogP contribution in [0.2, 0.25) is 0 Å². The van der Waals surface area contributed by atoms with Crippen LogP contribution in [0.15, 0.2) is 24.4 Å². The Balaban J connectivity index is 2.20. The first-order chi connectivity index (χ1) is 8.27. The molecule has 2 aromatic heterocycles. The molecule has 2 N–H and O–H groups in total. The summed E-state index contributed by atoms with van der Waals surface area (Å²) >= 11 is 0. The number of hydrogen-bond acceptors (Lipinski definition) is 3. The fraction of sp³-hybridized carbons (Fsp3) is 0.333. The van der Waals surface area contributed by atoms with Gasteiger partial charge in [0.15, 0.2) is 5.69 Å². The lowest BCUT2D eigenvalue weighted by molar-refractivity contribution is 0.0693. The van der Waals surface area contributed by atoms with Gasteiger partial charge in [0.25, 0.3) is 0 Å². The second kappa shape index (κ2) is 3.85. The van der Waals surface area contributed by atoms with Crippen molar-refractivity contribution in [1.29, 1.82) is 0 Å². The first kappa shape index (κ1) is 10.3. The molecule has 3 heterocycles. The molecule has 0 aliphatic carbocycles. The Bertz CT molecular complexity index is 570. The molecule has 0 bridgehead atoms. The highest BCUT2D eigenvalue weighted by Gasteiger charge is 2.24. The lowest BCUT2D eigenvalue weighted by Gasteiger charge is -2.06. The van der Waals surface area contributed by atoms with E-state index in [-0.39, 0.29) is 5.69 Å². The molecule has 88 valence electrons. The number of carbonyl (C=O) groups is 1. The molecular weight excluding hydrogens is 218 g/mol. The summed E-state index contributed by atoms with van der Waals surface area (Å²) in [5.74, 6) is 0.187. The third-order valence-electron chi connectivity index (χ3n) is 3.20. The number of fused-ring (bicyclic) bond motifs is 1. The standard InChI is InChI=1S/C12H13N3O2/c16-12(17)10-9-3-1-2-6-15(9)11(14-10)8-4-5-13-7-8/h1-3,6,8,13H,4-5,7H2,(H,16,17)/t8-/m0/s1. The second-order valence-corrected chi connectivity index (χ2v) is 4.27. The highest BCUT2D eigenvalue weighted by Crippen LogP contribution is 2.24. The van der Waals surface area contributed by atoms with Gasteiger partial charge in [0, 0.05) is 18.7 Å². The van der Waals surface area contributed by atoms with Crippen molar-refractivity contribution in [3.8, 4) is 0 Å². The molecule has 3 rings (SSSR count). The molecule has 5 heteroatoms. The fourth-order valence-electron chi connectivity index (χ4n) is 2.38. The van der Waals surface area contributed by atoms with Crippen LogP contribution >= 0.6 is 0 Å². The summed E-state index contributed by atoms with van der Waals surface area (Å²) < 4.78 is 1.89. The third kappa shape index (κ3) is 1.59. The first-order valence-electron chi connectivity index (χ1n) is 5.68. The zero-order valence-electron chi connectivity index (χ0n) is 9.26. The molecule has 1 saturated heterocycles. The van der Waals surface area contributed by atoms with Crippen molar-refractivity contribution >= 4 is 11.5 Å². The van der Waals surface area contributed by atoms with Crippen molar-refractivity contribution in [2.75, 3.05) is 13.1 Å². The lowest BCUT2D eigenvalue weighted by atomic mass is 10.1. The van der Waals surface area contributed by atoms with Gasteiger partial charge in [0.2, 0.25) is 0 Å². The molecule has 1 aliphatic rings. The van der Waals surface area contributed by atoms with Crippen molar-refractivity contribution in [3.63, 3.8) is 0 Å². The van der Waals surface area contributed by atoms with Crippen molar-refractivity contribution < 1.29 is 9.90 Å². The van der Waals surface area contributed by atoms with Gasteiger partial charge < -0.3 is 14.8 Å². The SMILES string of the molecule is O=C(O)c1nc([C@H]2CCNC2)n2ccccc12. The van der Waals surface area contributed by atoms with E-state index >= 15 is 0 Å². The second-order valence-electron chi connectivity index (χ2n) is 4.27. The number of nitrogens with one attached hydrogen (secondary N) is 1. The third-order valence-corrected chi connectivity index (χ3v) is 3.20. The van der Waals surface area contributed by atoms with Gasteiger partial charge in [-0.25, -0.2) is 9.78 Å². The molecule has 0 spiro atoms. The zero-order valence-corrected chi connectivity index (χ0v) is 9.26. The quantitative estimate of drug-likeness (QED) is 0.812. The summed E-state index contributed by atoms with van der Waals surface area (Å²) in [6.45, 7) is 1.84. The monoisotopic (exact) mass is 231 g/mol. The number of carboxylic acids is 1. The molecule has 1 atom stereocenters. The number of rotatable bonds is 2. The molecule has 17 heavy (non-hydrogen) atoms. The van der Waals surface area contributed by atoms with Crippen LogP contribution in [0.4, 0.5) is 0 Å². The van der Waals surface area contributed by atoms with Gasteiger partial charge in [0.1, 0.15) is 5.82 Å². The maximum atomic E-state index is 11.2. The van der Waals surface area contributed by atoms with Crippen molar-refractivity contribution in [2.45, 2.75) is 12.3 Å². The van der Waals surface area contributed by atoms with Crippen LogP contribution in [0.25, 0.3) is 5.52 Å². The van der Waals surface area contributed by atoms with Crippen LogP contribution in [0.3, 0.4) is 0 Å². The summed E-state index contributed by atoms with van der Waals surface area (Å²) in [5.41, 5.74) is 0.814. The topological polar surface area (TPSA) is 66.6 Å². The molecule has 1 fully saturated rings. The lowest BCUT2D eigenvalue weighted by Crippen LogP contribution is -2.10. The largest absolute Gasteiger partial charge is 0.476 e. The number of aromatic carboxylic acids is 1. The van der Waals surface area contributed by atoms with Gasteiger partial charge in [0.05, 0.1) is 5.52 Å². The Labute approximate surface area is 98.1 Å². The number of aromatic nitrogens is 2. The van der Waals surface area contributed by atoms with Gasteiger partial charge in [-0.15, -0.1) is 0 Å². The molecule has 0 aromatic carbocycles. The predicted octanol–water partition coefficient (Wildman–Crippen LogP) is 1.11. The number of carboxylic acid groups (broad SMARTS) is 1. The van der Waals surface area contributed by atoms with Crippen molar-refractivity contribution in [2.24, 2.45) is 0 Å². The van der Waals surface area contributed by atoms with E-state index in [1.54, 1.807) is 6.07 Å². The van der Waals surface area contributed by atoms with E-state index in [1.807, 2.05) is 22.7 Å². The van der Waals surface area contributed by atoms with E-state index in [4.69, 9.17) is 5.11 Å². The normalized spacial score (nSPS) is 19.9. The van der Waals surface area contributed by atoms with Gasteiger partial charge in [-0.3, -0.25) is 0 Å². The number of pyridine rings is 1. The molecular formula is C12H13N3O2. The average molecular weight is 231 g/mol. The number of imidazole rings is 1. The van der Waals surface area contributed by atoms with E-state index < -0.39 is 5.97 Å². The maximum absolute atomic E-state index is 11.2. The molecule has 5 nitrogen and oxygen atoms in total. The van der Waals surface area contributed by atoms with Crippen LogP contribution in [0, 0.1) is 0 Å². The number of hydrogen-bond donors (Lipinski definition) is 2. The highest BCUT2D eigenvalue weighted by molar-refractivity contribution is 5.93. The molecule has 0 unspecified atom stereocenters. The van der Waals surface area contributed by atoms with Crippen LogP contribution < -0.4 is 5.32 Å². The van der Waals surface area contributed by atoms with E-state index in [0.29, 0.717) is 11.4 Å². The van der Waals surface area contributed by atoms with Crippen LogP contribution in [-0.4, -0.2) is 33.6 Å². The van der Waals surface area contributed by atoms with Crippen molar-refractivity contribution in [3.05, 3.63) is 35.9 Å². The molecule has 0 radical (unpaired) electrons. The zero-order chi connectivity index (χ0) is 11.8. The fourth-order valence-corrected chi connectivity index (χ4v) is 2.38. The Morgan fingerprint density at radius 2 is 2.41 bits per heavy atom. The Hall–Kier alpha value is -1.88. The molecule has 0 amide bonds. The van der Waals surface area contributed by atoms with E-state index in [0.717, 1.165) is 25.3 Å². The minimum Gasteiger partial charge on any atom is -0.476 e. The molecule has 1 aliphatic heterocycles. The average Bonchev–Trinajstić information content (AvgIpc) is 2.95. The van der Waals surface area contributed by atoms with Gasteiger partial charge in [-0.05, 0) is 25.1 Å². The summed E-state index contributed by atoms with van der Waals surface area (Å²) in [7, 11) is 0. The molecule has 2 aromatic rings. The Morgan fingerprint density at radius 1 is 1.53 bits per heavy atom. The van der Waals surface area contributed by atoms with Gasteiger partial charge in [-0.1, -0.05) is 6.07 Å². The van der Waals surface area contributed by atoms with E-state index in [2.05, 4.69) is 10.3 Å². The maximum Gasteiger partial charge on any atom is 0.356 e. The highest BCUT2D eigenvalue weighted by atomic mass is 16.4. The predicted molar refractivity (Wildman–Crippen MR) is 62.4 cm³/mol. The molecule has 0 saturated carbocycles. The smallest absolute Gasteiger partial charge is 0.356 e. The summed E-state index contributed by atoms with van der Waals surface area (Å²) in [6.07, 6.45) is 2.88. The van der Waals surface area contributed by atoms with Crippen LogP contribution in [0.1, 0.15) is 28.7 Å². The van der Waals surface area contributed by atoms with E-state index in [9.17, 15) is 4.79 Å². The van der Waals surface area contributed by atoms with Gasteiger partial charge >= 0.3 is 5.97 Å². The van der Waals surface area contributed by atoms with Gasteiger partial charge in [-0.2, -0.15) is 0 Å². The summed E-state index contributed by atoms with van der Waals surface area (Å²) in [4.78, 5) is 15.4.